The zero-order valence-electron chi connectivity index (χ0n) is 12.6. The van der Waals surface area contributed by atoms with E-state index < -0.39 is 0 Å². The predicted octanol–water partition coefficient (Wildman–Crippen LogP) is 1.81. The highest BCUT2D eigenvalue weighted by molar-refractivity contribution is 7.99. The number of thioether (sulfide) groups is 1. The molecular weight excluding hydrogens is 274 g/mol. The lowest BCUT2D eigenvalue weighted by atomic mass is 10.1. The van der Waals surface area contributed by atoms with Crippen molar-refractivity contribution < 1.29 is 4.79 Å². The number of carbonyl (C=O) groups is 1. The van der Waals surface area contributed by atoms with Crippen molar-refractivity contribution >= 4 is 17.7 Å². The molecule has 0 bridgehead atoms. The third-order valence-corrected chi connectivity index (χ3v) is 4.35. The minimum atomic E-state index is -0.252. The first kappa shape index (κ1) is 15.1. The Kier molecular flexibility index (Phi) is 3.95. The average Bonchev–Trinajstić information content (AvgIpc) is 2.66. The van der Waals surface area contributed by atoms with Crippen LogP contribution in [0.25, 0.3) is 0 Å². The molecule has 0 radical (unpaired) electrons. The number of nitrogens with one attached hydrogen (secondary N) is 1. The average molecular weight is 295 g/mol. The van der Waals surface area contributed by atoms with E-state index in [1.54, 1.807) is 23.3 Å². The summed E-state index contributed by atoms with van der Waals surface area (Å²) in [6.45, 7) is 9.47. The molecule has 2 heterocycles. The largest absolute Gasteiger partial charge is 0.351 e. The topological polar surface area (TPSA) is 64.0 Å². The standard InChI is InChI=1S/C14H21N3O2S/c1-8-9(2)15-13-17(12(8)19)10(7-20-13)6-11(18)16-14(3,4)5/h10H,6-7H2,1-5H3,(H,16,18). The van der Waals surface area contributed by atoms with E-state index in [9.17, 15) is 9.59 Å². The molecule has 5 nitrogen and oxygen atoms in total. The van der Waals surface area contributed by atoms with E-state index in [0.717, 1.165) is 16.6 Å². The molecule has 1 N–H and O–H groups in total. The number of nitrogens with zero attached hydrogens (tertiary/aromatic N) is 2. The molecule has 2 rings (SSSR count). The quantitative estimate of drug-likeness (QED) is 0.845. The third-order valence-electron chi connectivity index (χ3n) is 3.26. The first-order chi connectivity index (χ1) is 9.19. The van der Waals surface area contributed by atoms with E-state index in [4.69, 9.17) is 0 Å². The monoisotopic (exact) mass is 295 g/mol. The lowest BCUT2D eigenvalue weighted by molar-refractivity contribution is -0.123. The van der Waals surface area contributed by atoms with Gasteiger partial charge in [-0.3, -0.25) is 14.2 Å². The number of aromatic nitrogens is 2. The van der Waals surface area contributed by atoms with E-state index in [1.165, 1.54) is 0 Å². The lowest BCUT2D eigenvalue weighted by Crippen LogP contribution is -2.42. The fourth-order valence-corrected chi connectivity index (χ4v) is 3.39. The van der Waals surface area contributed by atoms with Gasteiger partial charge in [0.2, 0.25) is 5.91 Å². The molecular formula is C14H21N3O2S. The molecule has 1 aromatic heterocycles. The number of amides is 1. The van der Waals surface area contributed by atoms with Crippen molar-refractivity contribution in [2.75, 3.05) is 5.75 Å². The SMILES string of the molecule is Cc1nc2n(c(=O)c1C)C(CC(=O)NC(C)(C)C)CS2. The Bertz CT molecular complexity index is 602. The van der Waals surface area contributed by atoms with Crippen LogP contribution in [0.3, 0.4) is 0 Å². The summed E-state index contributed by atoms with van der Waals surface area (Å²) in [5, 5.41) is 3.67. The molecule has 1 aliphatic rings. The maximum absolute atomic E-state index is 12.3. The molecule has 1 aliphatic heterocycles. The molecule has 0 spiro atoms. The van der Waals surface area contributed by atoms with Gasteiger partial charge in [0.15, 0.2) is 5.16 Å². The molecule has 1 atom stereocenters. The van der Waals surface area contributed by atoms with Crippen LogP contribution in [-0.4, -0.2) is 26.8 Å². The molecule has 0 saturated carbocycles. The van der Waals surface area contributed by atoms with Crippen LogP contribution in [0.2, 0.25) is 0 Å². The molecule has 0 aliphatic carbocycles. The molecule has 0 saturated heterocycles. The minimum Gasteiger partial charge on any atom is -0.351 e. The molecule has 0 fully saturated rings. The van der Waals surface area contributed by atoms with Gasteiger partial charge in [-0.15, -0.1) is 0 Å². The van der Waals surface area contributed by atoms with E-state index in [1.807, 2.05) is 27.7 Å². The third kappa shape index (κ3) is 3.06. The van der Waals surface area contributed by atoms with Crippen LogP contribution in [-0.2, 0) is 4.79 Å². The van der Waals surface area contributed by atoms with Gasteiger partial charge in [0.25, 0.3) is 5.56 Å². The van der Waals surface area contributed by atoms with Crippen LogP contribution >= 0.6 is 11.8 Å². The first-order valence-corrected chi connectivity index (χ1v) is 7.71. The number of hydrogen-bond donors (Lipinski definition) is 1. The normalized spacial score (nSPS) is 17.9. The van der Waals surface area contributed by atoms with Gasteiger partial charge in [-0.2, -0.15) is 0 Å². The first-order valence-electron chi connectivity index (χ1n) is 6.72. The lowest BCUT2D eigenvalue weighted by Gasteiger charge is -2.22. The smallest absolute Gasteiger partial charge is 0.257 e. The van der Waals surface area contributed by atoms with Crippen molar-refractivity contribution in [3.8, 4) is 0 Å². The Hall–Kier alpha value is -1.30. The van der Waals surface area contributed by atoms with Crippen LogP contribution < -0.4 is 10.9 Å². The Morgan fingerprint density at radius 3 is 2.70 bits per heavy atom. The summed E-state index contributed by atoms with van der Waals surface area (Å²) in [7, 11) is 0. The summed E-state index contributed by atoms with van der Waals surface area (Å²) in [5.74, 6) is 0.698. The van der Waals surface area contributed by atoms with E-state index >= 15 is 0 Å². The summed E-state index contributed by atoms with van der Waals surface area (Å²) in [6.07, 6.45) is 0.321. The second-order valence-electron chi connectivity index (χ2n) is 6.25. The molecule has 1 aromatic rings. The van der Waals surface area contributed by atoms with Crippen LogP contribution in [0.1, 0.15) is 44.5 Å². The van der Waals surface area contributed by atoms with Crippen LogP contribution in [0, 0.1) is 13.8 Å². The van der Waals surface area contributed by atoms with E-state index in [0.29, 0.717) is 12.0 Å². The second-order valence-corrected chi connectivity index (χ2v) is 7.23. The molecule has 110 valence electrons. The highest BCUT2D eigenvalue weighted by Gasteiger charge is 2.29. The van der Waals surface area contributed by atoms with Crippen molar-refractivity contribution in [1.82, 2.24) is 14.9 Å². The van der Waals surface area contributed by atoms with E-state index in [-0.39, 0.29) is 23.0 Å². The predicted molar refractivity (Wildman–Crippen MR) is 80.2 cm³/mol. The Morgan fingerprint density at radius 2 is 2.10 bits per heavy atom. The van der Waals surface area contributed by atoms with Crippen molar-refractivity contribution in [1.29, 1.82) is 0 Å². The van der Waals surface area contributed by atoms with Crippen molar-refractivity contribution in [2.24, 2.45) is 0 Å². The van der Waals surface area contributed by atoms with Gasteiger partial charge in [0.1, 0.15) is 0 Å². The van der Waals surface area contributed by atoms with Gasteiger partial charge in [-0.1, -0.05) is 11.8 Å². The molecule has 0 aromatic carbocycles. The van der Waals surface area contributed by atoms with Crippen molar-refractivity contribution in [3.63, 3.8) is 0 Å². The molecule has 1 amide bonds. The van der Waals surface area contributed by atoms with Crippen molar-refractivity contribution in [3.05, 3.63) is 21.6 Å². The molecule has 1 unspecified atom stereocenters. The Labute approximate surface area is 123 Å². The van der Waals surface area contributed by atoms with Crippen molar-refractivity contribution in [2.45, 2.75) is 57.8 Å². The van der Waals surface area contributed by atoms with Gasteiger partial charge < -0.3 is 5.32 Å². The Morgan fingerprint density at radius 1 is 1.45 bits per heavy atom. The summed E-state index contributed by atoms with van der Waals surface area (Å²) in [6, 6.07) is -0.100. The van der Waals surface area contributed by atoms with Gasteiger partial charge in [-0.25, -0.2) is 4.98 Å². The van der Waals surface area contributed by atoms with Gasteiger partial charge in [0.05, 0.1) is 6.04 Å². The summed E-state index contributed by atoms with van der Waals surface area (Å²) >= 11 is 1.54. The molecule has 6 heteroatoms. The van der Waals surface area contributed by atoms with Gasteiger partial charge >= 0.3 is 0 Å². The highest BCUT2D eigenvalue weighted by Crippen LogP contribution is 2.32. The number of aryl methyl sites for hydroxylation is 1. The van der Waals surface area contributed by atoms with Crippen LogP contribution in [0.15, 0.2) is 9.95 Å². The number of carbonyl (C=O) groups excluding carboxylic acids is 1. The highest BCUT2D eigenvalue weighted by atomic mass is 32.2. The fourth-order valence-electron chi connectivity index (χ4n) is 2.21. The van der Waals surface area contributed by atoms with Gasteiger partial charge in [0, 0.05) is 29.0 Å². The van der Waals surface area contributed by atoms with Gasteiger partial charge in [-0.05, 0) is 34.6 Å². The minimum absolute atomic E-state index is 0.0222. The number of rotatable bonds is 2. The Balaban J connectivity index is 2.23. The number of fused-ring (bicyclic) bond motifs is 1. The zero-order chi connectivity index (χ0) is 15.1. The molecule has 20 heavy (non-hydrogen) atoms. The second kappa shape index (κ2) is 5.24. The summed E-state index contributed by atoms with van der Waals surface area (Å²) in [5.41, 5.74) is 1.16. The zero-order valence-corrected chi connectivity index (χ0v) is 13.4. The number of hydrogen-bond acceptors (Lipinski definition) is 4. The maximum atomic E-state index is 12.3. The van der Waals surface area contributed by atoms with Crippen LogP contribution in [0.4, 0.5) is 0 Å². The van der Waals surface area contributed by atoms with E-state index in [2.05, 4.69) is 10.3 Å². The fraction of sp³-hybridized carbons (Fsp3) is 0.643. The summed E-state index contributed by atoms with van der Waals surface area (Å²) < 4.78 is 1.68. The maximum Gasteiger partial charge on any atom is 0.257 e. The summed E-state index contributed by atoms with van der Waals surface area (Å²) in [4.78, 5) is 28.8. The van der Waals surface area contributed by atoms with Crippen LogP contribution in [0.5, 0.6) is 0 Å².